The number of aryl methyl sites for hydroxylation is 1. The SMILES string of the molecule is Cc1oc(=O)oc1COC(=O)C[C@@]1(C)[C@@H]2CC[C@]3(C)[C@H](C(=O)C=C4[C@@H]5C[C@@](C)(C(=O)O)CC[C@]5(C)CC[C@]43C)[C@@]2(C)CC[C@@H]1OC(=O)CN(C)C. The van der Waals surface area contributed by atoms with E-state index in [9.17, 15) is 29.1 Å². The Morgan fingerprint density at radius 1 is 0.922 bits per heavy atom. The van der Waals surface area contributed by atoms with Crippen LogP contribution in [-0.4, -0.2) is 60.4 Å². The number of esters is 2. The molecule has 6 rings (SSSR count). The Bertz CT molecular complexity index is 1710. The molecule has 1 heterocycles. The first-order valence-corrected chi connectivity index (χ1v) is 18.7. The number of carboxylic acids is 1. The second-order valence-corrected chi connectivity index (χ2v) is 18.6. The van der Waals surface area contributed by atoms with Crippen molar-refractivity contribution in [3.05, 3.63) is 33.8 Å². The van der Waals surface area contributed by atoms with E-state index in [0.29, 0.717) is 25.7 Å². The van der Waals surface area contributed by atoms with Crippen molar-refractivity contribution < 1.29 is 42.6 Å². The number of carboxylic acid groups (broad SMARTS) is 1. The molecular formula is C40H57NO10. The second-order valence-electron chi connectivity index (χ2n) is 18.6. The molecule has 0 bridgehead atoms. The summed E-state index contributed by atoms with van der Waals surface area (Å²) in [5.41, 5.74) is -1.76. The molecular weight excluding hydrogens is 654 g/mol. The Morgan fingerprint density at radius 2 is 1.61 bits per heavy atom. The predicted molar refractivity (Wildman–Crippen MR) is 186 cm³/mol. The van der Waals surface area contributed by atoms with Crippen LogP contribution in [0.1, 0.15) is 117 Å². The Hall–Kier alpha value is -3.21. The Balaban J connectivity index is 1.36. The molecule has 5 aliphatic rings. The van der Waals surface area contributed by atoms with Crippen molar-refractivity contribution in [1.82, 2.24) is 4.90 Å². The van der Waals surface area contributed by atoms with Gasteiger partial charge >= 0.3 is 23.7 Å². The van der Waals surface area contributed by atoms with Crippen LogP contribution in [0.5, 0.6) is 0 Å². The average molecular weight is 712 g/mol. The number of hydrogen-bond donors (Lipinski definition) is 1. The van der Waals surface area contributed by atoms with E-state index in [1.165, 1.54) is 0 Å². The maximum atomic E-state index is 14.9. The van der Waals surface area contributed by atoms with Crippen molar-refractivity contribution in [2.45, 2.75) is 125 Å². The summed E-state index contributed by atoms with van der Waals surface area (Å²) in [7, 11) is 3.60. The molecule has 4 fully saturated rings. The number of nitrogens with zero attached hydrogens (tertiary/aromatic N) is 1. The van der Waals surface area contributed by atoms with Crippen LogP contribution in [0.15, 0.2) is 25.3 Å². The lowest BCUT2D eigenvalue weighted by Crippen LogP contribution is -2.67. The first-order chi connectivity index (χ1) is 23.6. The van der Waals surface area contributed by atoms with E-state index in [4.69, 9.17) is 18.3 Å². The van der Waals surface area contributed by atoms with Crippen molar-refractivity contribution in [2.24, 2.45) is 50.2 Å². The van der Waals surface area contributed by atoms with Crippen LogP contribution in [0, 0.1) is 57.2 Å². The quantitative estimate of drug-likeness (QED) is 0.294. The molecule has 0 radical (unpaired) electrons. The van der Waals surface area contributed by atoms with E-state index in [-0.39, 0.29) is 76.8 Å². The van der Waals surface area contributed by atoms with Crippen molar-refractivity contribution in [3.63, 3.8) is 0 Å². The number of rotatable bonds is 8. The summed E-state index contributed by atoms with van der Waals surface area (Å²) in [5.74, 6) is -2.47. The lowest BCUT2D eigenvalue weighted by Gasteiger charge is -2.70. The molecule has 51 heavy (non-hydrogen) atoms. The molecule has 5 aliphatic carbocycles. The van der Waals surface area contributed by atoms with Gasteiger partial charge in [-0.2, -0.15) is 0 Å². The maximum absolute atomic E-state index is 14.9. The molecule has 282 valence electrons. The summed E-state index contributed by atoms with van der Waals surface area (Å²) < 4.78 is 21.8. The summed E-state index contributed by atoms with van der Waals surface area (Å²) in [6, 6.07) is 0. The molecule has 1 N–H and O–H groups in total. The molecule has 11 heteroatoms. The highest BCUT2D eigenvalue weighted by Crippen LogP contribution is 2.75. The molecule has 10 atom stereocenters. The first kappa shape index (κ1) is 37.5. The number of carbonyl (C=O) groups is 4. The van der Waals surface area contributed by atoms with Crippen LogP contribution in [0.3, 0.4) is 0 Å². The van der Waals surface area contributed by atoms with Crippen molar-refractivity contribution >= 4 is 23.7 Å². The molecule has 0 saturated heterocycles. The summed E-state index contributed by atoms with van der Waals surface area (Å²) in [6.45, 7) is 14.4. The number of allylic oxidation sites excluding steroid dienone is 2. The second kappa shape index (κ2) is 12.4. The smallest absolute Gasteiger partial charge is 0.481 e. The highest BCUT2D eigenvalue weighted by atomic mass is 16.6. The van der Waals surface area contributed by atoms with Crippen LogP contribution in [0.4, 0.5) is 0 Å². The molecule has 4 saturated carbocycles. The van der Waals surface area contributed by atoms with Crippen LogP contribution < -0.4 is 5.82 Å². The molecule has 1 aromatic rings. The van der Waals surface area contributed by atoms with Gasteiger partial charge < -0.3 is 23.4 Å². The summed E-state index contributed by atoms with van der Waals surface area (Å²) >= 11 is 0. The van der Waals surface area contributed by atoms with Gasteiger partial charge in [-0.05, 0) is 125 Å². The lowest BCUT2D eigenvalue weighted by molar-refractivity contribution is -0.218. The molecule has 11 nitrogen and oxygen atoms in total. The van der Waals surface area contributed by atoms with E-state index in [1.807, 2.05) is 19.9 Å². The van der Waals surface area contributed by atoms with E-state index in [1.54, 1.807) is 25.9 Å². The van der Waals surface area contributed by atoms with Gasteiger partial charge in [-0.15, -0.1) is 0 Å². The molecule has 0 aliphatic heterocycles. The minimum absolute atomic E-state index is 0.0218. The van der Waals surface area contributed by atoms with E-state index in [0.717, 1.165) is 37.7 Å². The number of likely N-dealkylation sites (N-methyl/N-ethyl adjacent to an activating group) is 1. The van der Waals surface area contributed by atoms with Gasteiger partial charge in [0.2, 0.25) is 0 Å². The van der Waals surface area contributed by atoms with Crippen LogP contribution in [0.2, 0.25) is 0 Å². The predicted octanol–water partition coefficient (Wildman–Crippen LogP) is 6.49. The van der Waals surface area contributed by atoms with Gasteiger partial charge in [0.25, 0.3) is 0 Å². The van der Waals surface area contributed by atoms with Crippen LogP contribution in [0.25, 0.3) is 0 Å². The van der Waals surface area contributed by atoms with Gasteiger partial charge in [-0.1, -0.05) is 40.2 Å². The maximum Gasteiger partial charge on any atom is 0.519 e. The number of fused-ring (bicyclic) bond motifs is 7. The number of ether oxygens (including phenoxy) is 2. The van der Waals surface area contributed by atoms with E-state index in [2.05, 4.69) is 27.7 Å². The van der Waals surface area contributed by atoms with Gasteiger partial charge in [0.1, 0.15) is 6.10 Å². The van der Waals surface area contributed by atoms with Crippen LogP contribution >= 0.6 is 0 Å². The van der Waals surface area contributed by atoms with Crippen molar-refractivity contribution in [1.29, 1.82) is 0 Å². The normalized spacial score (nSPS) is 41.8. The number of aliphatic carboxylic acids is 1. The average Bonchev–Trinajstić information content (AvgIpc) is 3.35. The lowest BCUT2D eigenvalue weighted by atomic mass is 9.33. The van der Waals surface area contributed by atoms with Crippen molar-refractivity contribution in [3.8, 4) is 0 Å². The summed E-state index contributed by atoms with van der Waals surface area (Å²) in [5, 5.41) is 10.2. The van der Waals surface area contributed by atoms with Gasteiger partial charge in [0, 0.05) is 11.3 Å². The van der Waals surface area contributed by atoms with Gasteiger partial charge in [0.05, 0.1) is 18.4 Å². The fourth-order valence-electron chi connectivity index (χ4n) is 12.1. The zero-order chi connectivity index (χ0) is 37.5. The third kappa shape index (κ3) is 5.84. The summed E-state index contributed by atoms with van der Waals surface area (Å²) in [4.78, 5) is 67.5. The monoisotopic (exact) mass is 711 g/mol. The number of hydrogen-bond acceptors (Lipinski definition) is 10. The molecule has 0 unspecified atom stereocenters. The molecule has 0 aromatic carbocycles. The minimum atomic E-state index is -0.864. The molecule has 0 spiro atoms. The minimum Gasteiger partial charge on any atom is -0.481 e. The van der Waals surface area contributed by atoms with Gasteiger partial charge in [-0.3, -0.25) is 24.1 Å². The number of carbonyl (C=O) groups excluding carboxylic acids is 3. The summed E-state index contributed by atoms with van der Waals surface area (Å²) in [6.07, 6.45) is 7.88. The van der Waals surface area contributed by atoms with Gasteiger partial charge in [-0.25, -0.2) is 4.79 Å². The molecule has 1 aromatic heterocycles. The van der Waals surface area contributed by atoms with Crippen LogP contribution in [-0.2, 0) is 35.3 Å². The third-order valence-corrected chi connectivity index (χ3v) is 15.3. The highest BCUT2D eigenvalue weighted by Gasteiger charge is 2.71. The standard InChI is InChI=1S/C40H57NO10/c1-23-27(50-34(47)49-23)22-48-30(43)20-38(5)28-10-13-40(7)32(37(28,4)12-11-29(38)51-31(44)21-41(8)9)26(42)18-24-25-19-36(3,33(45)46)15-14-35(25,2)16-17-39(24,40)6/h18,25,28-29,32H,10-17,19-22H2,1-9H3,(H,45,46)/t25-,28+,29-,32+,35+,36-,37-,38-,39+,40+/m0/s1. The first-order valence-electron chi connectivity index (χ1n) is 18.7. The fraction of sp³-hybridized carbons (Fsp3) is 0.775. The van der Waals surface area contributed by atoms with Crippen molar-refractivity contribution in [2.75, 3.05) is 20.6 Å². The third-order valence-electron chi connectivity index (χ3n) is 15.3. The Morgan fingerprint density at radius 3 is 2.24 bits per heavy atom. The van der Waals surface area contributed by atoms with E-state index < -0.39 is 40.1 Å². The zero-order valence-corrected chi connectivity index (χ0v) is 31.9. The van der Waals surface area contributed by atoms with E-state index >= 15 is 0 Å². The molecule has 0 amide bonds. The zero-order valence-electron chi connectivity index (χ0n) is 31.9. The Kier molecular flexibility index (Phi) is 9.16. The fourth-order valence-corrected chi connectivity index (χ4v) is 12.1. The Labute approximate surface area is 300 Å². The topological polar surface area (TPSA) is 154 Å². The largest absolute Gasteiger partial charge is 0.519 e. The van der Waals surface area contributed by atoms with Gasteiger partial charge in [0.15, 0.2) is 23.9 Å². The number of ketones is 1. The highest BCUT2D eigenvalue weighted by molar-refractivity contribution is 5.95.